The van der Waals surface area contributed by atoms with Crippen LogP contribution in [-0.4, -0.2) is 25.6 Å². The second kappa shape index (κ2) is 5.96. The lowest BCUT2D eigenvalue weighted by Gasteiger charge is -2.03. The van der Waals surface area contributed by atoms with Crippen LogP contribution in [0.15, 0.2) is 34.3 Å². The lowest BCUT2D eigenvalue weighted by atomic mass is 10.2. The van der Waals surface area contributed by atoms with Gasteiger partial charge in [0.05, 0.1) is 0 Å². The van der Waals surface area contributed by atoms with E-state index in [1.54, 1.807) is 6.21 Å². The van der Waals surface area contributed by atoms with Gasteiger partial charge in [0.1, 0.15) is 0 Å². The largest absolute Gasteiger partial charge is 0.388 e. The lowest BCUT2D eigenvalue weighted by Crippen LogP contribution is -1.99. The number of nitrogens with zero attached hydrogens (tertiary/aromatic N) is 2. The molecule has 1 aromatic rings. The molecule has 80 valence electrons. The average Bonchev–Trinajstić information content (AvgIpc) is 2.29. The minimum Gasteiger partial charge on any atom is -0.388 e. The summed E-state index contributed by atoms with van der Waals surface area (Å²) in [6.45, 7) is 4.65. The molecule has 0 saturated carbocycles. The SMILES string of the molecule is CC=NC(=NCC)c1ccc(NC)cc1. The molecule has 0 atom stereocenters. The van der Waals surface area contributed by atoms with Crippen LogP contribution in [0.5, 0.6) is 0 Å². The molecule has 1 N–H and O–H groups in total. The molecule has 0 amide bonds. The first-order valence-electron chi connectivity index (χ1n) is 5.13. The number of benzene rings is 1. The summed E-state index contributed by atoms with van der Waals surface area (Å²) in [5.41, 5.74) is 2.14. The van der Waals surface area contributed by atoms with E-state index in [-0.39, 0.29) is 0 Å². The second-order valence-corrected chi connectivity index (χ2v) is 3.01. The summed E-state index contributed by atoms with van der Waals surface area (Å²) in [5.74, 6) is 0.794. The van der Waals surface area contributed by atoms with Crippen molar-refractivity contribution in [1.82, 2.24) is 0 Å². The summed E-state index contributed by atoms with van der Waals surface area (Å²) < 4.78 is 0. The first kappa shape index (κ1) is 11.4. The molecule has 0 unspecified atom stereocenters. The first-order chi connectivity index (χ1) is 7.31. The summed E-state index contributed by atoms with van der Waals surface area (Å²) in [6.07, 6.45) is 1.76. The molecule has 3 nitrogen and oxygen atoms in total. The van der Waals surface area contributed by atoms with Gasteiger partial charge in [0.2, 0.25) is 0 Å². The van der Waals surface area contributed by atoms with Crippen molar-refractivity contribution in [1.29, 1.82) is 0 Å². The fourth-order valence-corrected chi connectivity index (χ4v) is 1.26. The molecule has 0 aromatic heterocycles. The Morgan fingerprint density at radius 1 is 1.33 bits per heavy atom. The van der Waals surface area contributed by atoms with Crippen molar-refractivity contribution in [2.75, 3.05) is 18.9 Å². The van der Waals surface area contributed by atoms with Gasteiger partial charge in [-0.3, -0.25) is 4.99 Å². The number of hydrogen-bond acceptors (Lipinski definition) is 2. The van der Waals surface area contributed by atoms with Gasteiger partial charge in [0.15, 0.2) is 5.84 Å². The quantitative estimate of drug-likeness (QED) is 0.595. The van der Waals surface area contributed by atoms with Crippen LogP contribution >= 0.6 is 0 Å². The summed E-state index contributed by atoms with van der Waals surface area (Å²) in [6, 6.07) is 8.08. The second-order valence-electron chi connectivity index (χ2n) is 3.01. The van der Waals surface area contributed by atoms with Crippen molar-refractivity contribution in [2.45, 2.75) is 13.8 Å². The van der Waals surface area contributed by atoms with Crippen LogP contribution < -0.4 is 5.32 Å². The van der Waals surface area contributed by atoms with E-state index in [1.807, 2.05) is 45.2 Å². The molecule has 0 aliphatic carbocycles. The maximum atomic E-state index is 4.34. The van der Waals surface area contributed by atoms with Crippen molar-refractivity contribution < 1.29 is 0 Å². The first-order valence-corrected chi connectivity index (χ1v) is 5.13. The van der Waals surface area contributed by atoms with Gasteiger partial charge >= 0.3 is 0 Å². The molecule has 1 rings (SSSR count). The normalized spacial score (nSPS) is 12.1. The van der Waals surface area contributed by atoms with E-state index in [9.17, 15) is 0 Å². The Bertz CT molecular complexity index is 350. The van der Waals surface area contributed by atoms with Crippen LogP contribution in [0.2, 0.25) is 0 Å². The van der Waals surface area contributed by atoms with Gasteiger partial charge in [-0.25, -0.2) is 4.99 Å². The van der Waals surface area contributed by atoms with Gasteiger partial charge in [0.25, 0.3) is 0 Å². The van der Waals surface area contributed by atoms with Crippen LogP contribution in [0.1, 0.15) is 19.4 Å². The maximum Gasteiger partial charge on any atom is 0.154 e. The summed E-state index contributed by atoms with van der Waals surface area (Å²) in [7, 11) is 1.90. The molecule has 0 saturated heterocycles. The van der Waals surface area contributed by atoms with Gasteiger partial charge < -0.3 is 5.32 Å². The van der Waals surface area contributed by atoms with Crippen molar-refractivity contribution in [3.8, 4) is 0 Å². The van der Waals surface area contributed by atoms with Crippen LogP contribution in [0.3, 0.4) is 0 Å². The predicted octanol–water partition coefficient (Wildman–Crippen LogP) is 2.59. The summed E-state index contributed by atoms with van der Waals surface area (Å²) in [5, 5.41) is 3.08. The third-order valence-corrected chi connectivity index (χ3v) is 1.99. The van der Waals surface area contributed by atoms with Gasteiger partial charge in [0, 0.05) is 31.1 Å². The molecular weight excluding hydrogens is 186 g/mol. The highest BCUT2D eigenvalue weighted by Crippen LogP contribution is 2.10. The number of amidine groups is 1. The van der Waals surface area contributed by atoms with E-state index in [1.165, 1.54) is 0 Å². The molecule has 0 heterocycles. The zero-order valence-electron chi connectivity index (χ0n) is 9.49. The van der Waals surface area contributed by atoms with Crippen molar-refractivity contribution >= 4 is 17.7 Å². The van der Waals surface area contributed by atoms with Gasteiger partial charge in [-0.1, -0.05) is 0 Å². The van der Waals surface area contributed by atoms with E-state index < -0.39 is 0 Å². The number of anilines is 1. The van der Waals surface area contributed by atoms with E-state index in [0.29, 0.717) is 0 Å². The highest BCUT2D eigenvalue weighted by molar-refractivity contribution is 6.02. The monoisotopic (exact) mass is 203 g/mol. The molecule has 0 aliphatic heterocycles. The number of aliphatic imine (C=N–C) groups is 2. The third-order valence-electron chi connectivity index (χ3n) is 1.99. The molecule has 0 bridgehead atoms. The van der Waals surface area contributed by atoms with Crippen molar-refractivity contribution in [3.05, 3.63) is 29.8 Å². The van der Waals surface area contributed by atoms with E-state index in [4.69, 9.17) is 0 Å². The molecule has 0 radical (unpaired) electrons. The molecular formula is C12H17N3. The third kappa shape index (κ3) is 3.20. The Morgan fingerprint density at radius 2 is 2.00 bits per heavy atom. The zero-order valence-corrected chi connectivity index (χ0v) is 9.49. The standard InChI is InChI=1S/C12H17N3/c1-4-14-12(15-5-2)10-6-8-11(13-3)9-7-10/h4,6-9,13H,5H2,1-3H3. The van der Waals surface area contributed by atoms with Crippen LogP contribution in [0.25, 0.3) is 0 Å². The predicted molar refractivity (Wildman–Crippen MR) is 67.2 cm³/mol. The summed E-state index contributed by atoms with van der Waals surface area (Å²) in [4.78, 5) is 8.58. The summed E-state index contributed by atoms with van der Waals surface area (Å²) >= 11 is 0. The average molecular weight is 203 g/mol. The maximum absolute atomic E-state index is 4.34. The molecule has 0 aliphatic rings. The minimum absolute atomic E-state index is 0.750. The topological polar surface area (TPSA) is 36.8 Å². The van der Waals surface area contributed by atoms with E-state index >= 15 is 0 Å². The van der Waals surface area contributed by atoms with Crippen LogP contribution in [-0.2, 0) is 0 Å². The lowest BCUT2D eigenvalue weighted by molar-refractivity contribution is 1.12. The zero-order chi connectivity index (χ0) is 11.1. The molecule has 1 aromatic carbocycles. The van der Waals surface area contributed by atoms with Gasteiger partial charge in [-0.2, -0.15) is 0 Å². The minimum atomic E-state index is 0.750. The Balaban J connectivity index is 2.97. The fraction of sp³-hybridized carbons (Fsp3) is 0.333. The van der Waals surface area contributed by atoms with E-state index in [0.717, 1.165) is 23.6 Å². The molecule has 0 fully saturated rings. The van der Waals surface area contributed by atoms with E-state index in [2.05, 4.69) is 15.3 Å². The fourth-order valence-electron chi connectivity index (χ4n) is 1.26. The molecule has 3 heteroatoms. The van der Waals surface area contributed by atoms with Crippen LogP contribution in [0.4, 0.5) is 5.69 Å². The highest BCUT2D eigenvalue weighted by Gasteiger charge is 1.99. The Kier molecular flexibility index (Phi) is 4.54. The van der Waals surface area contributed by atoms with Crippen LogP contribution in [0, 0.1) is 0 Å². The van der Waals surface area contributed by atoms with Crippen molar-refractivity contribution in [3.63, 3.8) is 0 Å². The Morgan fingerprint density at radius 3 is 2.47 bits per heavy atom. The van der Waals surface area contributed by atoms with Gasteiger partial charge in [-0.05, 0) is 38.1 Å². The van der Waals surface area contributed by atoms with Gasteiger partial charge in [-0.15, -0.1) is 0 Å². The number of nitrogens with one attached hydrogen (secondary N) is 1. The molecule has 15 heavy (non-hydrogen) atoms. The smallest absolute Gasteiger partial charge is 0.154 e. The Hall–Kier alpha value is -1.64. The number of rotatable bonds is 3. The highest BCUT2D eigenvalue weighted by atomic mass is 14.9. The van der Waals surface area contributed by atoms with Crippen molar-refractivity contribution in [2.24, 2.45) is 9.98 Å². The number of hydrogen-bond donors (Lipinski definition) is 1. The molecule has 0 spiro atoms. The Labute approximate surface area is 91.0 Å².